The van der Waals surface area contributed by atoms with Crippen LogP contribution in [0.25, 0.3) is 0 Å². The highest BCUT2D eigenvalue weighted by Gasteiger charge is 2.67. The average molecular weight is 394 g/mol. The molecule has 4 fully saturated rings. The van der Waals surface area contributed by atoms with E-state index in [1.807, 2.05) is 0 Å². The molecule has 2 aliphatic carbocycles. The summed E-state index contributed by atoms with van der Waals surface area (Å²) in [5.41, 5.74) is 1.40. The molecule has 4 aliphatic rings. The number of aliphatic hydroxyl groups is 1. The summed E-state index contributed by atoms with van der Waals surface area (Å²) in [6, 6.07) is 0. The largest absolute Gasteiger partial charge is 0.443 e. The molecule has 0 radical (unpaired) electrons. The Kier molecular flexibility index (Phi) is 5.26. The second-order valence-corrected chi connectivity index (χ2v) is 9.81. The maximum absolute atomic E-state index is 12.5. The number of carbonyl (C=O) groups excluding carboxylic acids is 1. The van der Waals surface area contributed by atoms with Crippen LogP contribution < -0.4 is 0 Å². The molecule has 0 aromatic rings. The Morgan fingerprint density at radius 3 is 2.50 bits per heavy atom. The van der Waals surface area contributed by atoms with E-state index in [1.54, 1.807) is 12.0 Å². The Morgan fingerprint density at radius 1 is 1.29 bits per heavy atom. The highest BCUT2D eigenvalue weighted by molar-refractivity contribution is 5.69. The van der Waals surface area contributed by atoms with Crippen LogP contribution in [0.3, 0.4) is 0 Å². The summed E-state index contributed by atoms with van der Waals surface area (Å²) in [7, 11) is 1.74. The van der Waals surface area contributed by atoms with Crippen LogP contribution >= 0.6 is 0 Å². The van der Waals surface area contributed by atoms with Gasteiger partial charge in [-0.3, -0.25) is 0 Å². The van der Waals surface area contributed by atoms with Crippen molar-refractivity contribution in [1.82, 2.24) is 4.90 Å². The summed E-state index contributed by atoms with van der Waals surface area (Å²) < 4.78 is 17.9. The zero-order valence-electron chi connectivity index (χ0n) is 17.6. The van der Waals surface area contributed by atoms with Crippen molar-refractivity contribution in [3.63, 3.8) is 0 Å². The van der Waals surface area contributed by atoms with E-state index in [0.29, 0.717) is 19.0 Å². The SMILES string of the molecule is CO[C@@H]1[C@H](OC(=O)N2CC(O)C2)CCC2(CO2)[C@H]1[C@]1(C)CC[C@@H]1CC=C(C)C. The van der Waals surface area contributed by atoms with Gasteiger partial charge in [-0.05, 0) is 57.3 Å². The molecule has 1 amide bonds. The predicted molar refractivity (Wildman–Crippen MR) is 105 cm³/mol. The van der Waals surface area contributed by atoms with E-state index < -0.39 is 6.10 Å². The van der Waals surface area contributed by atoms with Gasteiger partial charge in [-0.25, -0.2) is 4.79 Å². The van der Waals surface area contributed by atoms with Gasteiger partial charge >= 0.3 is 6.09 Å². The number of nitrogens with zero attached hydrogens (tertiary/aromatic N) is 1. The highest BCUT2D eigenvalue weighted by atomic mass is 16.6. The van der Waals surface area contributed by atoms with Gasteiger partial charge in [-0.1, -0.05) is 18.6 Å². The fourth-order valence-electron chi connectivity index (χ4n) is 5.81. The number of hydrogen-bond donors (Lipinski definition) is 1. The number of ether oxygens (including phenoxy) is 3. The first-order valence-corrected chi connectivity index (χ1v) is 10.7. The molecule has 4 rings (SSSR count). The van der Waals surface area contributed by atoms with E-state index in [0.717, 1.165) is 25.9 Å². The maximum Gasteiger partial charge on any atom is 0.410 e. The molecule has 1 spiro atoms. The third kappa shape index (κ3) is 3.37. The fraction of sp³-hybridized carbons (Fsp3) is 0.864. The van der Waals surface area contributed by atoms with E-state index in [2.05, 4.69) is 26.8 Å². The Balaban J connectivity index is 1.51. The quantitative estimate of drug-likeness (QED) is 0.574. The van der Waals surface area contributed by atoms with Crippen LogP contribution in [0.4, 0.5) is 4.79 Å². The fourth-order valence-corrected chi connectivity index (χ4v) is 5.81. The number of epoxide rings is 1. The van der Waals surface area contributed by atoms with Gasteiger partial charge in [0.1, 0.15) is 12.2 Å². The summed E-state index contributed by atoms with van der Waals surface area (Å²) >= 11 is 0. The third-order valence-electron chi connectivity index (χ3n) is 7.76. The standard InChI is InChI=1S/C22H35NO5/c1-14(2)5-6-15-7-9-21(15,3)19-18(26-4)17(8-10-22(19)13-27-22)28-20(25)23-11-16(24)12-23/h5,15-19,24H,6-13H2,1-4H3/t15-,17+,18+,19+,21+,22?/m0/s1. The Hall–Kier alpha value is -1.11. The van der Waals surface area contributed by atoms with E-state index >= 15 is 0 Å². The molecule has 6 nitrogen and oxygen atoms in total. The Morgan fingerprint density at radius 2 is 2.00 bits per heavy atom. The first-order valence-electron chi connectivity index (χ1n) is 10.7. The van der Waals surface area contributed by atoms with Crippen molar-refractivity contribution in [2.75, 3.05) is 26.8 Å². The van der Waals surface area contributed by atoms with Crippen molar-refractivity contribution in [2.24, 2.45) is 17.3 Å². The van der Waals surface area contributed by atoms with Crippen molar-refractivity contribution >= 4 is 6.09 Å². The second-order valence-electron chi connectivity index (χ2n) is 9.81. The summed E-state index contributed by atoms with van der Waals surface area (Å²) in [5, 5.41) is 9.46. The molecule has 0 bridgehead atoms. The molecular weight excluding hydrogens is 358 g/mol. The molecule has 158 valence electrons. The molecule has 0 aromatic heterocycles. The van der Waals surface area contributed by atoms with E-state index in [4.69, 9.17) is 14.2 Å². The molecule has 2 saturated heterocycles. The molecule has 2 aliphatic heterocycles. The van der Waals surface area contributed by atoms with E-state index in [-0.39, 0.29) is 35.2 Å². The van der Waals surface area contributed by atoms with Crippen molar-refractivity contribution in [2.45, 2.75) is 76.8 Å². The van der Waals surface area contributed by atoms with Crippen molar-refractivity contribution in [3.05, 3.63) is 11.6 Å². The van der Waals surface area contributed by atoms with Crippen molar-refractivity contribution in [3.8, 4) is 0 Å². The maximum atomic E-state index is 12.5. The molecular formula is C22H35NO5. The highest BCUT2D eigenvalue weighted by Crippen LogP contribution is 2.63. The minimum absolute atomic E-state index is 0.102. The molecule has 6 atom stereocenters. The smallest absolute Gasteiger partial charge is 0.410 e. The molecule has 2 saturated carbocycles. The molecule has 28 heavy (non-hydrogen) atoms. The molecule has 0 aromatic carbocycles. The first-order chi connectivity index (χ1) is 13.3. The number of methoxy groups -OCH3 is 1. The minimum atomic E-state index is -0.419. The van der Waals surface area contributed by atoms with Gasteiger partial charge in [0, 0.05) is 13.0 Å². The van der Waals surface area contributed by atoms with Gasteiger partial charge in [0.25, 0.3) is 0 Å². The van der Waals surface area contributed by atoms with Crippen LogP contribution in [0.15, 0.2) is 11.6 Å². The third-order valence-corrected chi connectivity index (χ3v) is 7.76. The molecule has 1 unspecified atom stereocenters. The van der Waals surface area contributed by atoms with Gasteiger partial charge in [-0.15, -0.1) is 0 Å². The minimum Gasteiger partial charge on any atom is -0.443 e. The lowest BCUT2D eigenvalue weighted by atomic mass is 9.48. The van der Waals surface area contributed by atoms with Crippen LogP contribution in [0.1, 0.15) is 52.9 Å². The summed E-state index contributed by atoms with van der Waals surface area (Å²) in [6.07, 6.45) is 6.39. The lowest BCUT2D eigenvalue weighted by molar-refractivity contribution is -0.174. The lowest BCUT2D eigenvalue weighted by Gasteiger charge is -2.58. The zero-order chi connectivity index (χ0) is 20.1. The monoisotopic (exact) mass is 393 g/mol. The number of aliphatic hydroxyl groups excluding tert-OH is 1. The number of β-amino-alcohol motifs (C(OH)–C–C–N with tert-alkyl or cyclic N) is 1. The van der Waals surface area contributed by atoms with Crippen molar-refractivity contribution < 1.29 is 24.1 Å². The molecule has 2 heterocycles. The van der Waals surface area contributed by atoms with Gasteiger partial charge in [-0.2, -0.15) is 0 Å². The van der Waals surface area contributed by atoms with Gasteiger partial charge in [0.05, 0.1) is 31.4 Å². The van der Waals surface area contributed by atoms with Crippen LogP contribution in [-0.2, 0) is 14.2 Å². The number of allylic oxidation sites excluding steroid dienone is 2. The van der Waals surface area contributed by atoms with Crippen LogP contribution in [0.5, 0.6) is 0 Å². The van der Waals surface area contributed by atoms with Crippen LogP contribution in [0, 0.1) is 17.3 Å². The number of likely N-dealkylation sites (tertiary alicyclic amines) is 1. The summed E-state index contributed by atoms with van der Waals surface area (Å²) in [4.78, 5) is 14.0. The van der Waals surface area contributed by atoms with Crippen molar-refractivity contribution in [1.29, 1.82) is 0 Å². The van der Waals surface area contributed by atoms with Crippen LogP contribution in [0.2, 0.25) is 0 Å². The van der Waals surface area contributed by atoms with Crippen LogP contribution in [-0.4, -0.2) is 66.8 Å². The number of hydrogen-bond acceptors (Lipinski definition) is 5. The lowest BCUT2D eigenvalue weighted by Crippen LogP contribution is -2.61. The van der Waals surface area contributed by atoms with E-state index in [9.17, 15) is 9.90 Å². The second kappa shape index (κ2) is 7.29. The van der Waals surface area contributed by atoms with Gasteiger partial charge in [0.15, 0.2) is 0 Å². The summed E-state index contributed by atoms with van der Waals surface area (Å²) in [6.45, 7) is 8.21. The Bertz CT molecular complexity index is 635. The van der Waals surface area contributed by atoms with Gasteiger partial charge < -0.3 is 24.2 Å². The Labute approximate surface area is 168 Å². The van der Waals surface area contributed by atoms with E-state index in [1.165, 1.54) is 18.4 Å². The molecule has 1 N–H and O–H groups in total. The number of amides is 1. The normalized spacial score (nSPS) is 42.5. The van der Waals surface area contributed by atoms with Gasteiger partial charge in [0.2, 0.25) is 0 Å². The zero-order valence-corrected chi connectivity index (χ0v) is 17.6. The molecule has 6 heteroatoms. The average Bonchev–Trinajstić information content (AvgIpc) is 3.38. The topological polar surface area (TPSA) is 71.5 Å². The number of carbonyl (C=O) groups is 1. The summed E-state index contributed by atoms with van der Waals surface area (Å²) in [5.74, 6) is 0.856. The first kappa shape index (κ1) is 20.2. The predicted octanol–water partition coefficient (Wildman–Crippen LogP) is 3.13. The number of rotatable bonds is 5.